The Morgan fingerprint density at radius 2 is 2.07 bits per heavy atom. The first-order valence-electron chi connectivity index (χ1n) is 4.41. The molecule has 0 N–H and O–H groups in total. The SMILES string of the molecule is CC(C)(C)[N+](=O)C=C1C=CC=CN1[O-]. The van der Waals surface area contributed by atoms with Crippen molar-refractivity contribution in [2.45, 2.75) is 26.3 Å². The first-order chi connectivity index (χ1) is 6.41. The molecule has 1 aliphatic heterocycles. The number of hydroxylamine groups is 2. The van der Waals surface area contributed by atoms with E-state index in [1.807, 2.05) is 0 Å². The van der Waals surface area contributed by atoms with E-state index in [9.17, 15) is 10.1 Å². The highest BCUT2D eigenvalue weighted by Crippen LogP contribution is 2.14. The van der Waals surface area contributed by atoms with Crippen LogP contribution in [0.25, 0.3) is 0 Å². The largest absolute Gasteiger partial charge is 0.754 e. The van der Waals surface area contributed by atoms with Crippen molar-refractivity contribution in [1.29, 1.82) is 0 Å². The number of hydrogen-bond donors (Lipinski definition) is 0. The summed E-state index contributed by atoms with van der Waals surface area (Å²) in [5.74, 6) is 0. The van der Waals surface area contributed by atoms with Crippen LogP contribution < -0.4 is 0 Å². The molecule has 0 saturated carbocycles. The topological polar surface area (TPSA) is 46.4 Å². The molecular formula is C10H14N2O2. The van der Waals surface area contributed by atoms with Gasteiger partial charge in [-0.15, -0.1) is 0 Å². The van der Waals surface area contributed by atoms with Gasteiger partial charge in [0.2, 0.25) is 11.7 Å². The van der Waals surface area contributed by atoms with Crippen molar-refractivity contribution in [3.05, 3.63) is 46.4 Å². The molecule has 0 atom stereocenters. The third kappa shape index (κ3) is 2.53. The summed E-state index contributed by atoms with van der Waals surface area (Å²) in [6.07, 6.45) is 7.60. The van der Waals surface area contributed by atoms with Gasteiger partial charge in [-0.05, 0) is 18.4 Å². The zero-order chi connectivity index (χ0) is 10.8. The van der Waals surface area contributed by atoms with Crippen LogP contribution in [0.1, 0.15) is 20.8 Å². The second kappa shape index (κ2) is 3.75. The van der Waals surface area contributed by atoms with Crippen LogP contribution in [0.2, 0.25) is 0 Å². The van der Waals surface area contributed by atoms with Gasteiger partial charge in [0.1, 0.15) is 0 Å². The maximum Gasteiger partial charge on any atom is 0.244 e. The minimum atomic E-state index is -0.525. The maximum atomic E-state index is 11.5. The highest BCUT2D eigenvalue weighted by molar-refractivity contribution is 5.26. The molecule has 0 fully saturated rings. The lowest BCUT2D eigenvalue weighted by atomic mass is 10.1. The number of rotatable bonds is 1. The van der Waals surface area contributed by atoms with E-state index in [0.29, 0.717) is 10.8 Å². The molecule has 0 saturated heterocycles. The average molecular weight is 194 g/mol. The van der Waals surface area contributed by atoms with E-state index in [0.717, 1.165) is 4.76 Å². The molecule has 0 aromatic rings. The molecule has 1 aliphatic rings. The van der Waals surface area contributed by atoms with Gasteiger partial charge in [-0.3, -0.25) is 0 Å². The molecule has 1 heterocycles. The highest BCUT2D eigenvalue weighted by atomic mass is 16.5. The number of allylic oxidation sites excluding steroid dienone is 3. The molecule has 0 aliphatic carbocycles. The van der Waals surface area contributed by atoms with Gasteiger partial charge in [0.25, 0.3) is 0 Å². The molecule has 4 nitrogen and oxygen atoms in total. The molecule has 0 bridgehead atoms. The fourth-order valence-electron chi connectivity index (χ4n) is 0.855. The van der Waals surface area contributed by atoms with Gasteiger partial charge >= 0.3 is 0 Å². The number of nitroso groups, excluding NO2 is 1. The average Bonchev–Trinajstić information content (AvgIpc) is 2.07. The molecule has 0 aromatic carbocycles. The lowest BCUT2D eigenvalue weighted by Crippen LogP contribution is -2.28. The van der Waals surface area contributed by atoms with E-state index < -0.39 is 5.54 Å². The van der Waals surface area contributed by atoms with E-state index in [4.69, 9.17) is 0 Å². The molecule has 0 radical (unpaired) electrons. The van der Waals surface area contributed by atoms with Crippen molar-refractivity contribution in [2.75, 3.05) is 0 Å². The molecule has 0 amide bonds. The third-order valence-corrected chi connectivity index (χ3v) is 1.76. The van der Waals surface area contributed by atoms with E-state index in [1.165, 1.54) is 12.4 Å². The van der Waals surface area contributed by atoms with Crippen molar-refractivity contribution in [2.24, 2.45) is 0 Å². The van der Waals surface area contributed by atoms with E-state index in [1.54, 1.807) is 39.0 Å². The first kappa shape index (κ1) is 10.7. The van der Waals surface area contributed by atoms with Crippen LogP contribution in [-0.4, -0.2) is 15.4 Å². The Balaban J connectivity index is 2.84. The van der Waals surface area contributed by atoms with Crippen LogP contribution in [-0.2, 0) is 0 Å². The fraction of sp³-hybridized carbons (Fsp3) is 0.400. The van der Waals surface area contributed by atoms with Gasteiger partial charge in [-0.2, -0.15) is 0 Å². The summed E-state index contributed by atoms with van der Waals surface area (Å²) in [4.78, 5) is 11.5. The molecule has 0 aromatic heterocycles. The standard InChI is InChI=1S/C10H14N2O2/c1-10(2,3)12(14)8-9-6-4-5-7-11(9)13/h4-8H,1-3H3. The van der Waals surface area contributed by atoms with Crippen LogP contribution in [0.15, 0.2) is 36.3 Å². The first-order valence-corrected chi connectivity index (χ1v) is 4.41. The summed E-state index contributed by atoms with van der Waals surface area (Å²) in [6, 6.07) is 0. The van der Waals surface area contributed by atoms with Gasteiger partial charge < -0.3 is 10.3 Å². The van der Waals surface area contributed by atoms with Crippen molar-refractivity contribution in [3.63, 3.8) is 0 Å². The Labute approximate surface area is 83.4 Å². The zero-order valence-electron chi connectivity index (χ0n) is 8.60. The normalized spacial score (nSPS) is 19.1. The van der Waals surface area contributed by atoms with Crippen LogP contribution in [0.3, 0.4) is 0 Å². The van der Waals surface area contributed by atoms with Gasteiger partial charge in [-0.25, -0.2) is 0 Å². The van der Waals surface area contributed by atoms with Crippen LogP contribution >= 0.6 is 0 Å². The molecule has 4 heteroatoms. The van der Waals surface area contributed by atoms with Gasteiger partial charge in [0.15, 0.2) is 0 Å². The van der Waals surface area contributed by atoms with Crippen LogP contribution in [0.4, 0.5) is 0 Å². The molecule has 14 heavy (non-hydrogen) atoms. The summed E-state index contributed by atoms with van der Waals surface area (Å²) in [5.41, 5.74) is -0.180. The van der Waals surface area contributed by atoms with Crippen molar-refractivity contribution in [1.82, 2.24) is 5.06 Å². The van der Waals surface area contributed by atoms with E-state index in [-0.39, 0.29) is 0 Å². The summed E-state index contributed by atoms with van der Waals surface area (Å²) >= 11 is 0. The maximum absolute atomic E-state index is 11.5. The fourth-order valence-corrected chi connectivity index (χ4v) is 0.855. The summed E-state index contributed by atoms with van der Waals surface area (Å²) in [6.45, 7) is 5.36. The lowest BCUT2D eigenvalue weighted by molar-refractivity contribution is -0.555. The number of hydrogen-bond acceptors (Lipinski definition) is 3. The van der Waals surface area contributed by atoms with Gasteiger partial charge in [0.05, 0.1) is 5.70 Å². The minimum Gasteiger partial charge on any atom is -0.754 e. The Kier molecular flexibility index (Phi) is 2.86. The van der Waals surface area contributed by atoms with Crippen molar-refractivity contribution in [3.8, 4) is 0 Å². The lowest BCUT2D eigenvalue weighted by Gasteiger charge is -2.27. The number of nitrogens with zero attached hydrogens (tertiary/aromatic N) is 2. The summed E-state index contributed by atoms with van der Waals surface area (Å²) in [5, 5.41) is 11.9. The predicted molar refractivity (Wildman–Crippen MR) is 54.9 cm³/mol. The van der Waals surface area contributed by atoms with E-state index in [2.05, 4.69) is 0 Å². The Bertz CT molecular complexity index is 322. The summed E-state index contributed by atoms with van der Waals surface area (Å²) in [7, 11) is 0. The monoisotopic (exact) mass is 194 g/mol. The van der Waals surface area contributed by atoms with Crippen LogP contribution in [0, 0.1) is 10.1 Å². The zero-order valence-corrected chi connectivity index (χ0v) is 8.60. The Morgan fingerprint density at radius 1 is 1.43 bits per heavy atom. The Hall–Kier alpha value is -1.42. The smallest absolute Gasteiger partial charge is 0.244 e. The summed E-state index contributed by atoms with van der Waals surface area (Å²) < 4.78 is 0.775. The second-order valence-electron chi connectivity index (χ2n) is 4.08. The van der Waals surface area contributed by atoms with Gasteiger partial charge in [-0.1, -0.05) is 6.08 Å². The molecular weight excluding hydrogens is 180 g/mol. The molecule has 1 rings (SSSR count). The minimum absolute atomic E-state index is 0.345. The Morgan fingerprint density at radius 3 is 2.57 bits per heavy atom. The van der Waals surface area contributed by atoms with Crippen molar-refractivity contribution >= 4 is 0 Å². The quantitative estimate of drug-likeness (QED) is 0.601. The highest BCUT2D eigenvalue weighted by Gasteiger charge is 2.27. The molecule has 76 valence electrons. The third-order valence-electron chi connectivity index (χ3n) is 1.76. The second-order valence-corrected chi connectivity index (χ2v) is 4.08. The predicted octanol–water partition coefficient (Wildman–Crippen LogP) is 2.29. The van der Waals surface area contributed by atoms with E-state index >= 15 is 0 Å². The van der Waals surface area contributed by atoms with Crippen LogP contribution in [0.5, 0.6) is 0 Å². The van der Waals surface area contributed by atoms with Crippen molar-refractivity contribution < 1.29 is 4.76 Å². The molecule has 0 spiro atoms. The molecule has 0 unspecified atom stereocenters. The van der Waals surface area contributed by atoms with Gasteiger partial charge in [0, 0.05) is 30.4 Å².